The van der Waals surface area contributed by atoms with Crippen molar-refractivity contribution in [3.8, 4) is 0 Å². The summed E-state index contributed by atoms with van der Waals surface area (Å²) >= 11 is 7.55. The van der Waals surface area contributed by atoms with Crippen LogP contribution < -0.4 is 10.2 Å². The summed E-state index contributed by atoms with van der Waals surface area (Å²) in [6.07, 6.45) is 0. The Morgan fingerprint density at radius 2 is 2.19 bits per heavy atom. The van der Waals surface area contributed by atoms with Gasteiger partial charge in [0.1, 0.15) is 18.2 Å². The number of rotatable bonds is 7. The van der Waals surface area contributed by atoms with Crippen LogP contribution in [-0.2, 0) is 17.9 Å². The Labute approximate surface area is 133 Å². The number of ether oxygens (including phenoxy) is 1. The SMILES string of the molecule is CCOCc1nc(NC)cc(N(C)Cc2ccc(Cl)s2)n1. The molecule has 1 N–H and O–H groups in total. The summed E-state index contributed by atoms with van der Waals surface area (Å²) in [5, 5.41) is 3.06. The van der Waals surface area contributed by atoms with Crippen LogP contribution in [0.2, 0.25) is 4.34 Å². The van der Waals surface area contributed by atoms with E-state index in [0.29, 0.717) is 19.0 Å². The molecule has 0 atom stereocenters. The van der Waals surface area contributed by atoms with E-state index in [2.05, 4.69) is 20.2 Å². The van der Waals surface area contributed by atoms with Crippen molar-refractivity contribution < 1.29 is 4.74 Å². The zero-order chi connectivity index (χ0) is 15.2. The predicted molar refractivity (Wildman–Crippen MR) is 88.3 cm³/mol. The van der Waals surface area contributed by atoms with Gasteiger partial charge >= 0.3 is 0 Å². The topological polar surface area (TPSA) is 50.3 Å². The Balaban J connectivity index is 2.16. The first-order valence-electron chi connectivity index (χ1n) is 6.71. The van der Waals surface area contributed by atoms with Crippen LogP contribution in [0.15, 0.2) is 18.2 Å². The largest absolute Gasteiger partial charge is 0.374 e. The van der Waals surface area contributed by atoms with Gasteiger partial charge in [-0.25, -0.2) is 9.97 Å². The summed E-state index contributed by atoms with van der Waals surface area (Å²) in [7, 11) is 3.84. The summed E-state index contributed by atoms with van der Waals surface area (Å²) in [5.74, 6) is 2.31. The lowest BCUT2D eigenvalue weighted by molar-refractivity contribution is 0.128. The van der Waals surface area contributed by atoms with E-state index in [1.807, 2.05) is 39.2 Å². The Bertz CT molecular complexity index is 590. The molecule has 0 aromatic carbocycles. The molecule has 7 heteroatoms. The minimum absolute atomic E-state index is 0.414. The number of anilines is 2. The van der Waals surface area contributed by atoms with Gasteiger partial charge in [0.25, 0.3) is 0 Å². The second-order valence-electron chi connectivity index (χ2n) is 4.48. The third-order valence-electron chi connectivity index (χ3n) is 2.86. The molecule has 2 aromatic rings. The highest BCUT2D eigenvalue weighted by Gasteiger charge is 2.10. The first-order chi connectivity index (χ1) is 10.1. The molecule has 0 aliphatic carbocycles. The monoisotopic (exact) mass is 326 g/mol. The molecule has 0 amide bonds. The van der Waals surface area contributed by atoms with Gasteiger partial charge in [-0.05, 0) is 19.1 Å². The maximum atomic E-state index is 5.97. The van der Waals surface area contributed by atoms with Crippen LogP contribution in [0.4, 0.5) is 11.6 Å². The smallest absolute Gasteiger partial charge is 0.158 e. The van der Waals surface area contributed by atoms with Gasteiger partial charge in [0.15, 0.2) is 5.82 Å². The van der Waals surface area contributed by atoms with Crippen molar-refractivity contribution in [1.82, 2.24) is 9.97 Å². The third-order valence-corrected chi connectivity index (χ3v) is 4.08. The number of hydrogen-bond acceptors (Lipinski definition) is 6. The summed E-state index contributed by atoms with van der Waals surface area (Å²) < 4.78 is 6.19. The Morgan fingerprint density at radius 3 is 2.81 bits per heavy atom. The molecular formula is C14H19ClN4OS. The normalized spacial score (nSPS) is 10.7. The molecule has 0 unspecified atom stereocenters. The van der Waals surface area contributed by atoms with E-state index < -0.39 is 0 Å². The van der Waals surface area contributed by atoms with Crippen molar-refractivity contribution in [1.29, 1.82) is 0 Å². The van der Waals surface area contributed by atoms with Gasteiger partial charge in [-0.2, -0.15) is 0 Å². The highest BCUT2D eigenvalue weighted by Crippen LogP contribution is 2.24. The third kappa shape index (κ3) is 4.56. The maximum absolute atomic E-state index is 5.97. The van der Waals surface area contributed by atoms with Crippen LogP contribution in [0, 0.1) is 0 Å². The number of halogens is 1. The molecule has 0 bridgehead atoms. The van der Waals surface area contributed by atoms with E-state index in [-0.39, 0.29) is 0 Å². The second-order valence-corrected chi connectivity index (χ2v) is 6.28. The molecule has 0 radical (unpaired) electrons. The highest BCUT2D eigenvalue weighted by molar-refractivity contribution is 7.16. The summed E-state index contributed by atoms with van der Waals surface area (Å²) in [4.78, 5) is 12.2. The van der Waals surface area contributed by atoms with Crippen LogP contribution in [0.1, 0.15) is 17.6 Å². The van der Waals surface area contributed by atoms with Gasteiger partial charge in [0.2, 0.25) is 0 Å². The molecule has 2 rings (SSSR count). The molecule has 0 saturated carbocycles. The fourth-order valence-corrected chi connectivity index (χ4v) is 2.96. The van der Waals surface area contributed by atoms with Gasteiger partial charge < -0.3 is 15.0 Å². The van der Waals surface area contributed by atoms with Crippen molar-refractivity contribution in [2.45, 2.75) is 20.1 Å². The quantitative estimate of drug-likeness (QED) is 0.845. The molecule has 5 nitrogen and oxygen atoms in total. The molecule has 2 aromatic heterocycles. The van der Waals surface area contributed by atoms with Gasteiger partial charge in [-0.15, -0.1) is 11.3 Å². The van der Waals surface area contributed by atoms with E-state index in [9.17, 15) is 0 Å². The Morgan fingerprint density at radius 1 is 1.38 bits per heavy atom. The molecule has 21 heavy (non-hydrogen) atoms. The molecule has 0 aliphatic heterocycles. The van der Waals surface area contributed by atoms with Crippen molar-refractivity contribution in [2.24, 2.45) is 0 Å². The second kappa shape index (κ2) is 7.59. The van der Waals surface area contributed by atoms with E-state index in [0.717, 1.165) is 22.5 Å². The standard InChI is InChI=1S/C14H19ClN4OS/c1-4-20-9-13-17-12(16-2)7-14(18-13)19(3)8-10-5-6-11(15)21-10/h5-7H,4,8-9H2,1-3H3,(H,16,17,18). The molecule has 2 heterocycles. The number of thiophene rings is 1. The van der Waals surface area contributed by atoms with Crippen LogP contribution in [0.3, 0.4) is 0 Å². The summed E-state index contributed by atoms with van der Waals surface area (Å²) in [6, 6.07) is 5.87. The molecule has 0 spiro atoms. The minimum atomic E-state index is 0.414. The number of aromatic nitrogens is 2. The minimum Gasteiger partial charge on any atom is -0.374 e. The van der Waals surface area contributed by atoms with E-state index in [1.165, 1.54) is 4.88 Å². The van der Waals surface area contributed by atoms with Gasteiger partial charge in [0.05, 0.1) is 10.9 Å². The molecular weight excluding hydrogens is 308 g/mol. The van der Waals surface area contributed by atoms with Gasteiger partial charge in [-0.3, -0.25) is 0 Å². The van der Waals surface area contributed by atoms with Crippen molar-refractivity contribution in [3.63, 3.8) is 0 Å². The Hall–Kier alpha value is -1.37. The van der Waals surface area contributed by atoms with Crippen molar-refractivity contribution in [3.05, 3.63) is 33.2 Å². The summed E-state index contributed by atoms with van der Waals surface area (Å²) in [5.41, 5.74) is 0. The average Bonchev–Trinajstić information content (AvgIpc) is 2.89. The zero-order valence-electron chi connectivity index (χ0n) is 12.4. The van der Waals surface area contributed by atoms with Crippen LogP contribution in [0.25, 0.3) is 0 Å². The van der Waals surface area contributed by atoms with E-state index in [1.54, 1.807) is 11.3 Å². The van der Waals surface area contributed by atoms with Gasteiger partial charge in [-0.1, -0.05) is 11.6 Å². The molecule has 114 valence electrons. The fourth-order valence-electron chi connectivity index (χ4n) is 1.82. The predicted octanol–water partition coefficient (Wildman–Crippen LogP) is 3.41. The lowest BCUT2D eigenvalue weighted by Crippen LogP contribution is -2.18. The summed E-state index contributed by atoms with van der Waals surface area (Å²) in [6.45, 7) is 3.77. The zero-order valence-corrected chi connectivity index (χ0v) is 14.0. The lowest BCUT2D eigenvalue weighted by atomic mass is 10.4. The van der Waals surface area contributed by atoms with Crippen molar-refractivity contribution >= 4 is 34.6 Å². The first-order valence-corrected chi connectivity index (χ1v) is 7.90. The highest BCUT2D eigenvalue weighted by atomic mass is 35.5. The maximum Gasteiger partial charge on any atom is 0.158 e. The molecule has 0 fully saturated rings. The van der Waals surface area contributed by atoms with Crippen LogP contribution in [-0.4, -0.2) is 30.7 Å². The lowest BCUT2D eigenvalue weighted by Gasteiger charge is -2.18. The fraction of sp³-hybridized carbons (Fsp3) is 0.429. The average molecular weight is 327 g/mol. The van der Waals surface area contributed by atoms with E-state index >= 15 is 0 Å². The van der Waals surface area contributed by atoms with Crippen LogP contribution in [0.5, 0.6) is 0 Å². The molecule has 0 aliphatic rings. The molecule has 0 saturated heterocycles. The van der Waals surface area contributed by atoms with E-state index in [4.69, 9.17) is 16.3 Å². The first kappa shape index (κ1) is 16.0. The van der Waals surface area contributed by atoms with Crippen molar-refractivity contribution in [2.75, 3.05) is 30.9 Å². The van der Waals surface area contributed by atoms with Crippen LogP contribution >= 0.6 is 22.9 Å². The van der Waals surface area contributed by atoms with Gasteiger partial charge in [0, 0.05) is 31.6 Å². The number of nitrogens with one attached hydrogen (secondary N) is 1. The number of hydrogen-bond donors (Lipinski definition) is 1. The Kier molecular flexibility index (Phi) is 5.78. The number of nitrogens with zero attached hydrogens (tertiary/aromatic N) is 3.